The number of nitrogens with two attached hydrogens (primary N) is 2. The Hall–Kier alpha value is -4.26. The predicted molar refractivity (Wildman–Crippen MR) is 143 cm³/mol. The quantitative estimate of drug-likeness (QED) is 0.448. The lowest BCUT2D eigenvalue weighted by atomic mass is 10.1. The lowest BCUT2D eigenvalue weighted by Crippen LogP contribution is -2.43. The molecule has 3 amide bonds. The van der Waals surface area contributed by atoms with E-state index in [2.05, 4.69) is 30.4 Å². The van der Waals surface area contributed by atoms with Gasteiger partial charge in [-0.05, 0) is 43.5 Å². The summed E-state index contributed by atoms with van der Waals surface area (Å²) in [5, 5.41) is 11.2. The lowest BCUT2D eigenvalue weighted by molar-refractivity contribution is 0.0554. The number of urea groups is 1. The molecule has 2 saturated heterocycles. The van der Waals surface area contributed by atoms with Gasteiger partial charge in [-0.1, -0.05) is 13.8 Å². The van der Waals surface area contributed by atoms with Crippen molar-refractivity contribution in [3.63, 3.8) is 0 Å². The molecule has 13 nitrogen and oxygen atoms in total. The van der Waals surface area contributed by atoms with Crippen molar-refractivity contribution in [3.05, 3.63) is 42.4 Å². The molecule has 38 heavy (non-hydrogen) atoms. The van der Waals surface area contributed by atoms with E-state index in [0.717, 1.165) is 37.2 Å². The van der Waals surface area contributed by atoms with E-state index in [1.807, 2.05) is 38.1 Å². The number of nitrogens with zero attached hydrogens (tertiary/aromatic N) is 6. The van der Waals surface area contributed by atoms with E-state index in [9.17, 15) is 9.59 Å². The van der Waals surface area contributed by atoms with Crippen LogP contribution >= 0.6 is 0 Å². The van der Waals surface area contributed by atoms with Gasteiger partial charge < -0.3 is 35.7 Å². The van der Waals surface area contributed by atoms with Gasteiger partial charge in [-0.15, -0.1) is 10.2 Å². The first-order chi connectivity index (χ1) is 18.5. The van der Waals surface area contributed by atoms with Crippen molar-refractivity contribution in [2.45, 2.75) is 33.1 Å². The molecule has 204 valence electrons. The average Bonchev–Trinajstić information content (AvgIpc) is 3.51. The zero-order valence-electron chi connectivity index (χ0n) is 21.8. The Kier molecular flexibility index (Phi) is 10.8. The molecule has 0 bridgehead atoms. The zero-order chi connectivity index (χ0) is 27.3. The standard InChI is InChI=1S/C18H19N7O2.C5H10N2O2.C2H6/c19-15(26)14-16(22-18(24-23-14)25-9-2-1-3-10-25)21-13-6-4-12(5-7-13)17-20-8-11-27-17;6-5(8)7-1-3-9-4-2-7;1-2/h4-8,11H,1-3,9-10H2,(H2,19,26)(H,21,22,24);1-4H2,(H2,6,8);1-2H3. The van der Waals surface area contributed by atoms with Crippen LogP contribution in [0.25, 0.3) is 11.5 Å². The van der Waals surface area contributed by atoms with Gasteiger partial charge in [0.25, 0.3) is 5.91 Å². The van der Waals surface area contributed by atoms with E-state index >= 15 is 0 Å². The summed E-state index contributed by atoms with van der Waals surface area (Å²) in [5.74, 6) is 0.648. The van der Waals surface area contributed by atoms with Crippen LogP contribution in [0.5, 0.6) is 0 Å². The second-order valence-electron chi connectivity index (χ2n) is 8.20. The second kappa shape index (κ2) is 14.5. The van der Waals surface area contributed by atoms with Crippen LogP contribution in [0.3, 0.4) is 0 Å². The van der Waals surface area contributed by atoms with E-state index in [0.29, 0.717) is 44.0 Å². The van der Waals surface area contributed by atoms with Crippen LogP contribution in [0.2, 0.25) is 0 Å². The fourth-order valence-electron chi connectivity index (χ4n) is 3.78. The number of morpholine rings is 1. The van der Waals surface area contributed by atoms with Crippen molar-refractivity contribution in [1.82, 2.24) is 25.1 Å². The van der Waals surface area contributed by atoms with Crippen molar-refractivity contribution in [2.75, 3.05) is 49.6 Å². The van der Waals surface area contributed by atoms with Gasteiger partial charge in [0.15, 0.2) is 11.5 Å². The number of ether oxygens (including phenoxy) is 1. The number of aromatic nitrogens is 4. The summed E-state index contributed by atoms with van der Waals surface area (Å²) in [4.78, 5) is 34.4. The summed E-state index contributed by atoms with van der Waals surface area (Å²) in [6.45, 7) is 8.25. The van der Waals surface area contributed by atoms with Crippen molar-refractivity contribution >= 4 is 29.4 Å². The molecule has 0 aliphatic carbocycles. The molecule has 5 N–H and O–H groups in total. The summed E-state index contributed by atoms with van der Waals surface area (Å²) in [5.41, 5.74) is 12.0. The Morgan fingerprint density at radius 2 is 1.63 bits per heavy atom. The van der Waals surface area contributed by atoms with E-state index < -0.39 is 5.91 Å². The Labute approximate surface area is 221 Å². The Bertz CT molecular complexity index is 1140. The van der Waals surface area contributed by atoms with Gasteiger partial charge in [-0.3, -0.25) is 4.79 Å². The second-order valence-corrected chi connectivity index (χ2v) is 8.20. The molecule has 2 fully saturated rings. The highest BCUT2D eigenvalue weighted by atomic mass is 16.5. The molecule has 0 radical (unpaired) electrons. The molecule has 13 heteroatoms. The molecule has 2 aromatic heterocycles. The largest absolute Gasteiger partial charge is 0.445 e. The molecule has 0 unspecified atom stereocenters. The number of primary amides is 2. The highest BCUT2D eigenvalue weighted by Crippen LogP contribution is 2.24. The number of carbonyl (C=O) groups is 2. The number of carbonyl (C=O) groups excluding carboxylic acids is 2. The van der Waals surface area contributed by atoms with E-state index in [-0.39, 0.29) is 11.7 Å². The highest BCUT2D eigenvalue weighted by Gasteiger charge is 2.19. The normalized spacial score (nSPS) is 14.9. The number of hydrogen-bond donors (Lipinski definition) is 3. The molecule has 5 rings (SSSR count). The first kappa shape index (κ1) is 28.3. The molecule has 0 atom stereocenters. The number of nitrogens with one attached hydrogen (secondary N) is 1. The van der Waals surface area contributed by atoms with Gasteiger partial charge in [0.05, 0.1) is 19.4 Å². The molecule has 0 saturated carbocycles. The minimum atomic E-state index is -0.681. The third-order valence-electron chi connectivity index (χ3n) is 5.70. The average molecular weight is 526 g/mol. The van der Waals surface area contributed by atoms with Crippen LogP contribution in [-0.2, 0) is 4.74 Å². The number of benzene rings is 1. The van der Waals surface area contributed by atoms with Gasteiger partial charge in [0.2, 0.25) is 11.8 Å². The molecular weight excluding hydrogens is 490 g/mol. The van der Waals surface area contributed by atoms with Crippen molar-refractivity contribution in [1.29, 1.82) is 0 Å². The molecule has 3 aromatic rings. The van der Waals surface area contributed by atoms with Crippen LogP contribution in [-0.4, -0.2) is 76.4 Å². The SMILES string of the molecule is CC.NC(=O)N1CCOCC1.NC(=O)c1nnc(N2CCCCC2)nc1Nc1ccc(-c2ncco2)cc1. The molecule has 2 aliphatic heterocycles. The number of oxazole rings is 1. The molecule has 4 heterocycles. The van der Waals surface area contributed by atoms with E-state index in [4.69, 9.17) is 20.6 Å². The first-order valence-corrected chi connectivity index (χ1v) is 12.7. The minimum absolute atomic E-state index is 0.00698. The third-order valence-corrected chi connectivity index (χ3v) is 5.70. The Balaban J connectivity index is 0.000000307. The van der Waals surface area contributed by atoms with Gasteiger partial charge in [-0.25, -0.2) is 9.78 Å². The van der Waals surface area contributed by atoms with Crippen LogP contribution in [0, 0.1) is 0 Å². The third kappa shape index (κ3) is 7.87. The number of amides is 3. The van der Waals surface area contributed by atoms with Crippen LogP contribution < -0.4 is 21.7 Å². The number of hydrogen-bond acceptors (Lipinski definition) is 10. The zero-order valence-corrected chi connectivity index (χ0v) is 21.8. The number of anilines is 3. The summed E-state index contributed by atoms with van der Waals surface area (Å²) in [7, 11) is 0. The summed E-state index contributed by atoms with van der Waals surface area (Å²) >= 11 is 0. The molecule has 0 spiro atoms. The monoisotopic (exact) mass is 525 g/mol. The maximum Gasteiger partial charge on any atom is 0.314 e. The fourth-order valence-corrected chi connectivity index (χ4v) is 3.78. The Morgan fingerprint density at radius 1 is 0.947 bits per heavy atom. The highest BCUT2D eigenvalue weighted by molar-refractivity contribution is 5.96. The summed E-state index contributed by atoms with van der Waals surface area (Å²) in [6.07, 6.45) is 6.49. The van der Waals surface area contributed by atoms with Gasteiger partial charge >= 0.3 is 6.03 Å². The van der Waals surface area contributed by atoms with Crippen LogP contribution in [0.4, 0.5) is 22.2 Å². The molecule has 1 aromatic carbocycles. The van der Waals surface area contributed by atoms with E-state index in [1.54, 1.807) is 11.1 Å². The number of rotatable bonds is 5. The first-order valence-electron chi connectivity index (χ1n) is 12.7. The minimum Gasteiger partial charge on any atom is -0.445 e. The topological polar surface area (TPSA) is 179 Å². The maximum atomic E-state index is 11.7. The smallest absolute Gasteiger partial charge is 0.314 e. The molecule has 2 aliphatic rings. The van der Waals surface area contributed by atoms with Crippen molar-refractivity contribution < 1.29 is 18.7 Å². The van der Waals surface area contributed by atoms with Crippen molar-refractivity contribution in [3.8, 4) is 11.5 Å². The number of piperidine rings is 1. The van der Waals surface area contributed by atoms with Crippen molar-refractivity contribution in [2.24, 2.45) is 11.5 Å². The Morgan fingerprint density at radius 3 is 2.18 bits per heavy atom. The maximum absolute atomic E-state index is 11.7. The summed E-state index contributed by atoms with van der Waals surface area (Å²) < 4.78 is 10.3. The van der Waals surface area contributed by atoms with Crippen LogP contribution in [0.15, 0.2) is 41.1 Å². The van der Waals surface area contributed by atoms with Gasteiger partial charge in [-0.2, -0.15) is 4.98 Å². The summed E-state index contributed by atoms with van der Waals surface area (Å²) in [6, 6.07) is 7.05. The predicted octanol–water partition coefficient (Wildman–Crippen LogP) is 2.78. The molecular formula is C25H35N9O4. The lowest BCUT2D eigenvalue weighted by Gasteiger charge is -2.26. The van der Waals surface area contributed by atoms with Crippen LogP contribution in [0.1, 0.15) is 43.6 Å². The van der Waals surface area contributed by atoms with Gasteiger partial charge in [0, 0.05) is 37.4 Å². The fraction of sp³-hybridized carbons (Fsp3) is 0.440. The van der Waals surface area contributed by atoms with E-state index in [1.165, 1.54) is 12.7 Å². The van der Waals surface area contributed by atoms with Gasteiger partial charge in [0.1, 0.15) is 6.26 Å².